The number of hydrogen-bond donors (Lipinski definition) is 1. The highest BCUT2D eigenvalue weighted by atomic mass is 15.3. The van der Waals surface area contributed by atoms with Gasteiger partial charge in [0.15, 0.2) is 0 Å². The fourth-order valence-electron chi connectivity index (χ4n) is 3.53. The molecule has 2 rings (SSSR count). The number of rotatable bonds is 7. The third-order valence-corrected chi connectivity index (χ3v) is 4.61. The smallest absolute Gasteiger partial charge is 0.0596 e. The minimum Gasteiger partial charge on any atom is -0.314 e. The Labute approximate surface area is 124 Å². The molecule has 0 aliphatic heterocycles. The second-order valence-electron chi connectivity index (χ2n) is 6.66. The lowest BCUT2D eigenvalue weighted by molar-refractivity contribution is 0.307. The maximum absolute atomic E-state index is 4.60. The number of nitrogens with zero attached hydrogens (tertiary/aromatic N) is 2. The van der Waals surface area contributed by atoms with Crippen LogP contribution in [0.15, 0.2) is 6.07 Å². The summed E-state index contributed by atoms with van der Waals surface area (Å²) in [6.07, 6.45) is 6.87. The van der Waals surface area contributed by atoms with Gasteiger partial charge in [0, 0.05) is 18.3 Å². The summed E-state index contributed by atoms with van der Waals surface area (Å²) in [6.45, 7) is 10.9. The molecule has 1 aliphatic rings. The lowest BCUT2D eigenvalue weighted by Gasteiger charge is -2.25. The summed E-state index contributed by atoms with van der Waals surface area (Å²) in [6, 6.07) is 2.86. The van der Waals surface area contributed by atoms with Crippen LogP contribution >= 0.6 is 0 Å². The number of hydrogen-bond acceptors (Lipinski definition) is 2. The van der Waals surface area contributed by atoms with Crippen molar-refractivity contribution in [1.29, 1.82) is 0 Å². The Morgan fingerprint density at radius 1 is 1.35 bits per heavy atom. The first-order chi connectivity index (χ1) is 9.60. The second-order valence-corrected chi connectivity index (χ2v) is 6.66. The van der Waals surface area contributed by atoms with Gasteiger partial charge in [-0.05, 0) is 44.7 Å². The zero-order valence-electron chi connectivity index (χ0n) is 13.7. The Balaban J connectivity index is 2.05. The fraction of sp³-hybridized carbons (Fsp3) is 0.824. The summed E-state index contributed by atoms with van der Waals surface area (Å²) in [7, 11) is 0. The summed E-state index contributed by atoms with van der Waals surface area (Å²) >= 11 is 0. The topological polar surface area (TPSA) is 29.9 Å². The molecule has 1 N–H and O–H groups in total. The highest BCUT2D eigenvalue weighted by Crippen LogP contribution is 2.33. The van der Waals surface area contributed by atoms with Gasteiger partial charge >= 0.3 is 0 Å². The monoisotopic (exact) mass is 277 g/mol. The minimum atomic E-state index is 0.580. The van der Waals surface area contributed by atoms with Crippen LogP contribution < -0.4 is 5.32 Å². The van der Waals surface area contributed by atoms with Gasteiger partial charge in [0.1, 0.15) is 0 Å². The molecule has 114 valence electrons. The van der Waals surface area contributed by atoms with Crippen LogP contribution in [0.4, 0.5) is 0 Å². The van der Waals surface area contributed by atoms with Gasteiger partial charge < -0.3 is 5.32 Å². The Bertz CT molecular complexity index is 402. The van der Waals surface area contributed by atoms with E-state index in [9.17, 15) is 0 Å². The van der Waals surface area contributed by atoms with Crippen LogP contribution in [0.25, 0.3) is 0 Å². The molecule has 1 heterocycles. The van der Waals surface area contributed by atoms with E-state index >= 15 is 0 Å². The third kappa shape index (κ3) is 4.08. The van der Waals surface area contributed by atoms with Crippen LogP contribution in [0.2, 0.25) is 0 Å². The molecular weight excluding hydrogens is 246 g/mol. The van der Waals surface area contributed by atoms with E-state index in [4.69, 9.17) is 0 Å². The molecule has 1 unspecified atom stereocenters. The molecule has 3 nitrogen and oxygen atoms in total. The maximum atomic E-state index is 4.60. The molecule has 1 fully saturated rings. The van der Waals surface area contributed by atoms with E-state index in [2.05, 4.69) is 48.9 Å². The van der Waals surface area contributed by atoms with Crippen LogP contribution in [-0.2, 0) is 13.0 Å². The Morgan fingerprint density at radius 3 is 2.65 bits per heavy atom. The number of nitrogens with one attached hydrogen (secondary N) is 1. The normalized spacial score (nSPS) is 18.1. The van der Waals surface area contributed by atoms with E-state index in [1.165, 1.54) is 37.8 Å². The standard InChI is InChI=1S/C17H31N3/c1-5-20-17(10-14(4)19-20)11-16(12-18-13(2)3)15-8-6-7-9-15/h10,13,15-16,18H,5-9,11-12H2,1-4H3. The van der Waals surface area contributed by atoms with Crippen LogP contribution in [0.5, 0.6) is 0 Å². The van der Waals surface area contributed by atoms with E-state index in [1.54, 1.807) is 0 Å². The Hall–Kier alpha value is -0.830. The molecule has 20 heavy (non-hydrogen) atoms. The third-order valence-electron chi connectivity index (χ3n) is 4.61. The first-order valence-corrected chi connectivity index (χ1v) is 8.36. The lowest BCUT2D eigenvalue weighted by Crippen LogP contribution is -2.33. The largest absolute Gasteiger partial charge is 0.314 e. The van der Waals surface area contributed by atoms with Gasteiger partial charge in [-0.15, -0.1) is 0 Å². The summed E-state index contributed by atoms with van der Waals surface area (Å²) in [5.74, 6) is 1.67. The lowest BCUT2D eigenvalue weighted by atomic mass is 9.86. The average Bonchev–Trinajstić information content (AvgIpc) is 3.03. The summed E-state index contributed by atoms with van der Waals surface area (Å²) in [5, 5.41) is 8.26. The van der Waals surface area contributed by atoms with E-state index in [0.717, 1.165) is 30.6 Å². The van der Waals surface area contributed by atoms with Crippen LogP contribution in [-0.4, -0.2) is 22.4 Å². The zero-order valence-corrected chi connectivity index (χ0v) is 13.7. The van der Waals surface area contributed by atoms with Crippen molar-refractivity contribution < 1.29 is 0 Å². The van der Waals surface area contributed by atoms with Gasteiger partial charge in [-0.3, -0.25) is 4.68 Å². The predicted molar refractivity (Wildman–Crippen MR) is 84.9 cm³/mol. The molecule has 1 aromatic rings. The molecule has 0 bridgehead atoms. The van der Waals surface area contributed by atoms with Crippen molar-refractivity contribution in [2.24, 2.45) is 11.8 Å². The molecule has 3 heteroatoms. The number of aromatic nitrogens is 2. The van der Waals surface area contributed by atoms with Crippen LogP contribution in [0, 0.1) is 18.8 Å². The molecule has 0 radical (unpaired) electrons. The van der Waals surface area contributed by atoms with E-state index in [-0.39, 0.29) is 0 Å². The van der Waals surface area contributed by atoms with Gasteiger partial charge in [-0.25, -0.2) is 0 Å². The molecule has 0 aromatic carbocycles. The van der Waals surface area contributed by atoms with Crippen LogP contribution in [0.3, 0.4) is 0 Å². The van der Waals surface area contributed by atoms with Crippen molar-refractivity contribution in [1.82, 2.24) is 15.1 Å². The molecule has 0 saturated heterocycles. The van der Waals surface area contributed by atoms with Gasteiger partial charge in [-0.2, -0.15) is 5.10 Å². The summed E-state index contributed by atoms with van der Waals surface area (Å²) in [4.78, 5) is 0. The predicted octanol–water partition coefficient (Wildman–Crippen LogP) is 3.56. The van der Waals surface area contributed by atoms with Gasteiger partial charge in [0.25, 0.3) is 0 Å². The molecule has 1 saturated carbocycles. The Kier molecular flexibility index (Phi) is 5.64. The van der Waals surface area contributed by atoms with Gasteiger partial charge in [0.05, 0.1) is 5.69 Å². The van der Waals surface area contributed by atoms with Gasteiger partial charge in [0.2, 0.25) is 0 Å². The van der Waals surface area contributed by atoms with E-state index in [1.807, 2.05) is 0 Å². The quantitative estimate of drug-likeness (QED) is 0.826. The highest BCUT2D eigenvalue weighted by Gasteiger charge is 2.26. The second kappa shape index (κ2) is 7.26. The molecule has 1 aromatic heterocycles. The first kappa shape index (κ1) is 15.6. The molecule has 1 aliphatic carbocycles. The number of aryl methyl sites for hydroxylation is 2. The molecular formula is C17H31N3. The molecule has 0 amide bonds. The van der Waals surface area contributed by atoms with Crippen molar-refractivity contribution in [3.8, 4) is 0 Å². The van der Waals surface area contributed by atoms with E-state index in [0.29, 0.717) is 6.04 Å². The van der Waals surface area contributed by atoms with Crippen LogP contribution in [0.1, 0.15) is 57.8 Å². The fourth-order valence-corrected chi connectivity index (χ4v) is 3.53. The zero-order chi connectivity index (χ0) is 14.5. The maximum Gasteiger partial charge on any atom is 0.0596 e. The highest BCUT2D eigenvalue weighted by molar-refractivity contribution is 5.10. The van der Waals surface area contributed by atoms with Gasteiger partial charge in [-0.1, -0.05) is 39.5 Å². The first-order valence-electron chi connectivity index (χ1n) is 8.36. The van der Waals surface area contributed by atoms with Crippen molar-refractivity contribution in [2.75, 3.05) is 6.54 Å². The molecule has 0 spiro atoms. The van der Waals surface area contributed by atoms with Crippen molar-refractivity contribution in [3.63, 3.8) is 0 Å². The van der Waals surface area contributed by atoms with Crippen molar-refractivity contribution >= 4 is 0 Å². The molecule has 1 atom stereocenters. The van der Waals surface area contributed by atoms with E-state index < -0.39 is 0 Å². The Morgan fingerprint density at radius 2 is 2.05 bits per heavy atom. The minimum absolute atomic E-state index is 0.580. The summed E-state index contributed by atoms with van der Waals surface area (Å²) < 4.78 is 2.19. The SMILES string of the molecule is CCn1nc(C)cc1CC(CNC(C)C)C1CCCC1. The summed E-state index contributed by atoms with van der Waals surface area (Å²) in [5.41, 5.74) is 2.58. The average molecular weight is 277 g/mol. The van der Waals surface area contributed by atoms with Crippen molar-refractivity contribution in [2.45, 2.75) is 72.4 Å². The van der Waals surface area contributed by atoms with Crippen molar-refractivity contribution in [3.05, 3.63) is 17.5 Å².